The third kappa shape index (κ3) is 3.60. The number of piperidine rings is 1. The molecule has 6 heteroatoms. The topological polar surface area (TPSA) is 75.8 Å². The van der Waals surface area contributed by atoms with Gasteiger partial charge in [0.2, 0.25) is 0 Å². The van der Waals surface area contributed by atoms with E-state index in [1.54, 1.807) is 6.07 Å². The van der Waals surface area contributed by atoms with E-state index >= 15 is 0 Å². The number of hydrogen-bond acceptors (Lipinski definition) is 5. The maximum Gasteiger partial charge on any atom is 0.275 e. The quantitative estimate of drug-likeness (QED) is 0.662. The third-order valence-corrected chi connectivity index (χ3v) is 3.39. The lowest BCUT2D eigenvalue weighted by molar-refractivity contribution is -0.384. The van der Waals surface area contributed by atoms with Gasteiger partial charge in [-0.2, -0.15) is 0 Å². The number of anilines is 1. The average molecular weight is 280 g/mol. The van der Waals surface area contributed by atoms with Crippen LogP contribution in [-0.2, 0) is 0 Å². The number of benzene rings is 1. The first-order chi connectivity index (χ1) is 9.60. The average Bonchev–Trinajstić information content (AvgIpc) is 2.45. The van der Waals surface area contributed by atoms with Gasteiger partial charge in [0, 0.05) is 30.9 Å². The number of aliphatic hydroxyl groups excluding tert-OH is 1. The Morgan fingerprint density at radius 1 is 1.40 bits per heavy atom. The SMILES string of the molecule is CCCOc1cc(N2CCC(O)CC2)cc([N+](=O)[O-])c1. The highest BCUT2D eigenvalue weighted by atomic mass is 16.6. The largest absolute Gasteiger partial charge is 0.493 e. The molecule has 2 rings (SSSR count). The van der Waals surface area contributed by atoms with Crippen LogP contribution in [0, 0.1) is 10.1 Å². The molecule has 110 valence electrons. The van der Waals surface area contributed by atoms with E-state index in [2.05, 4.69) is 4.90 Å². The first-order valence-corrected chi connectivity index (χ1v) is 6.95. The summed E-state index contributed by atoms with van der Waals surface area (Å²) >= 11 is 0. The molecular formula is C14H20N2O4. The molecule has 6 nitrogen and oxygen atoms in total. The van der Waals surface area contributed by atoms with Gasteiger partial charge in [-0.1, -0.05) is 6.92 Å². The van der Waals surface area contributed by atoms with Gasteiger partial charge >= 0.3 is 0 Å². The van der Waals surface area contributed by atoms with E-state index in [0.29, 0.717) is 38.3 Å². The highest BCUT2D eigenvalue weighted by Gasteiger charge is 2.20. The Morgan fingerprint density at radius 3 is 2.70 bits per heavy atom. The van der Waals surface area contributed by atoms with E-state index in [4.69, 9.17) is 4.74 Å². The van der Waals surface area contributed by atoms with Crippen molar-refractivity contribution in [1.29, 1.82) is 0 Å². The normalized spacial score (nSPS) is 16.2. The summed E-state index contributed by atoms with van der Waals surface area (Å²) in [5.74, 6) is 0.530. The van der Waals surface area contributed by atoms with Gasteiger partial charge in [0.05, 0.1) is 23.7 Å². The summed E-state index contributed by atoms with van der Waals surface area (Å²) < 4.78 is 5.52. The minimum atomic E-state index is -0.402. The van der Waals surface area contributed by atoms with Crippen LogP contribution in [0.3, 0.4) is 0 Å². The number of non-ortho nitro benzene ring substituents is 1. The van der Waals surface area contributed by atoms with Gasteiger partial charge in [0.15, 0.2) is 0 Å². The Balaban J connectivity index is 2.22. The molecule has 0 unspecified atom stereocenters. The second-order valence-corrected chi connectivity index (χ2v) is 5.01. The zero-order valence-corrected chi connectivity index (χ0v) is 11.6. The van der Waals surface area contributed by atoms with Crippen LogP contribution in [0.15, 0.2) is 18.2 Å². The van der Waals surface area contributed by atoms with Crippen molar-refractivity contribution in [2.75, 3.05) is 24.6 Å². The molecule has 0 spiro atoms. The summed E-state index contributed by atoms with van der Waals surface area (Å²) in [5.41, 5.74) is 0.830. The van der Waals surface area contributed by atoms with Crippen LogP contribution >= 0.6 is 0 Å². The number of aliphatic hydroxyl groups is 1. The van der Waals surface area contributed by atoms with Gasteiger partial charge in [-0.25, -0.2) is 0 Å². The Labute approximate surface area is 118 Å². The van der Waals surface area contributed by atoms with Crippen LogP contribution in [0.4, 0.5) is 11.4 Å². The van der Waals surface area contributed by atoms with Gasteiger partial charge in [0.1, 0.15) is 5.75 Å². The van der Waals surface area contributed by atoms with E-state index < -0.39 is 4.92 Å². The van der Waals surface area contributed by atoms with Crippen molar-refractivity contribution in [2.24, 2.45) is 0 Å². The second kappa shape index (κ2) is 6.56. The summed E-state index contributed by atoms with van der Waals surface area (Å²) in [6.45, 7) is 3.94. The Bertz CT molecular complexity index is 470. The van der Waals surface area contributed by atoms with Crippen molar-refractivity contribution < 1.29 is 14.8 Å². The summed E-state index contributed by atoms with van der Waals surface area (Å²) in [4.78, 5) is 12.7. The fraction of sp³-hybridized carbons (Fsp3) is 0.571. The van der Waals surface area contributed by atoms with Gasteiger partial charge in [-0.05, 0) is 19.3 Å². The molecule has 20 heavy (non-hydrogen) atoms. The number of nitro groups is 1. The van der Waals surface area contributed by atoms with Crippen LogP contribution < -0.4 is 9.64 Å². The summed E-state index contributed by atoms with van der Waals surface area (Å²) in [7, 11) is 0. The predicted octanol–water partition coefficient (Wildman–Crippen LogP) is 2.34. The minimum Gasteiger partial charge on any atom is -0.493 e. The molecule has 1 fully saturated rings. The second-order valence-electron chi connectivity index (χ2n) is 5.01. The van der Waals surface area contributed by atoms with Crippen molar-refractivity contribution in [3.05, 3.63) is 28.3 Å². The summed E-state index contributed by atoms with van der Waals surface area (Å²) in [5, 5.41) is 20.5. The Kier molecular flexibility index (Phi) is 4.79. The molecule has 1 aliphatic rings. The highest BCUT2D eigenvalue weighted by Crippen LogP contribution is 2.30. The first kappa shape index (κ1) is 14.6. The molecule has 1 N–H and O–H groups in total. The fourth-order valence-electron chi connectivity index (χ4n) is 2.28. The molecule has 1 heterocycles. The zero-order valence-electron chi connectivity index (χ0n) is 11.6. The standard InChI is InChI=1S/C14H20N2O4/c1-2-7-20-14-9-11(8-12(10-14)16(18)19)15-5-3-13(17)4-6-15/h8-10,13,17H,2-7H2,1H3. The molecule has 1 aliphatic heterocycles. The van der Waals surface area contributed by atoms with Crippen molar-refractivity contribution in [1.82, 2.24) is 0 Å². The Hall–Kier alpha value is -1.82. The monoisotopic (exact) mass is 280 g/mol. The summed E-state index contributed by atoms with van der Waals surface area (Å²) in [6, 6.07) is 4.86. The van der Waals surface area contributed by atoms with E-state index in [-0.39, 0.29) is 11.8 Å². The lowest BCUT2D eigenvalue weighted by Crippen LogP contribution is -2.35. The molecule has 0 saturated carbocycles. The van der Waals surface area contributed by atoms with Crippen molar-refractivity contribution >= 4 is 11.4 Å². The van der Waals surface area contributed by atoms with Gasteiger partial charge in [0.25, 0.3) is 5.69 Å². The first-order valence-electron chi connectivity index (χ1n) is 6.95. The number of rotatable bonds is 5. The molecule has 1 aromatic carbocycles. The van der Waals surface area contributed by atoms with Crippen LogP contribution in [0.1, 0.15) is 26.2 Å². The molecule has 0 aliphatic carbocycles. The van der Waals surface area contributed by atoms with Gasteiger partial charge in [-0.15, -0.1) is 0 Å². The highest BCUT2D eigenvalue weighted by molar-refractivity contribution is 5.58. The minimum absolute atomic E-state index is 0.0414. The van der Waals surface area contributed by atoms with Crippen LogP contribution in [-0.4, -0.2) is 35.8 Å². The molecule has 1 saturated heterocycles. The maximum atomic E-state index is 11.0. The van der Waals surface area contributed by atoms with Crippen molar-refractivity contribution in [3.8, 4) is 5.75 Å². The van der Waals surface area contributed by atoms with Crippen LogP contribution in [0.5, 0.6) is 5.75 Å². The van der Waals surface area contributed by atoms with E-state index in [0.717, 1.165) is 12.1 Å². The number of nitro benzene ring substituents is 1. The summed E-state index contributed by atoms with van der Waals surface area (Å²) in [6.07, 6.45) is 1.97. The predicted molar refractivity (Wildman–Crippen MR) is 76.3 cm³/mol. The smallest absolute Gasteiger partial charge is 0.275 e. The maximum absolute atomic E-state index is 11.0. The fourth-order valence-corrected chi connectivity index (χ4v) is 2.28. The van der Waals surface area contributed by atoms with E-state index in [1.807, 2.05) is 13.0 Å². The lowest BCUT2D eigenvalue weighted by Gasteiger charge is -2.31. The molecular weight excluding hydrogens is 260 g/mol. The van der Waals surface area contributed by atoms with Crippen LogP contribution in [0.25, 0.3) is 0 Å². The molecule has 0 amide bonds. The molecule has 1 aromatic rings. The zero-order chi connectivity index (χ0) is 14.5. The molecule has 0 bridgehead atoms. The van der Waals surface area contributed by atoms with Crippen molar-refractivity contribution in [2.45, 2.75) is 32.3 Å². The number of nitrogens with zero attached hydrogens (tertiary/aromatic N) is 2. The lowest BCUT2D eigenvalue weighted by atomic mass is 10.1. The van der Waals surface area contributed by atoms with E-state index in [1.165, 1.54) is 6.07 Å². The van der Waals surface area contributed by atoms with E-state index in [9.17, 15) is 15.2 Å². The van der Waals surface area contributed by atoms with Gasteiger partial charge < -0.3 is 14.7 Å². The van der Waals surface area contributed by atoms with Gasteiger partial charge in [-0.3, -0.25) is 10.1 Å². The van der Waals surface area contributed by atoms with Crippen LogP contribution in [0.2, 0.25) is 0 Å². The molecule has 0 radical (unpaired) electrons. The molecule has 0 atom stereocenters. The number of hydrogen-bond donors (Lipinski definition) is 1. The number of ether oxygens (including phenoxy) is 1. The van der Waals surface area contributed by atoms with Crippen molar-refractivity contribution in [3.63, 3.8) is 0 Å². The third-order valence-electron chi connectivity index (χ3n) is 3.39. The Morgan fingerprint density at radius 2 is 2.10 bits per heavy atom. The molecule has 0 aromatic heterocycles.